The minimum absolute atomic E-state index is 0.0147. The highest BCUT2D eigenvalue weighted by Gasteiger charge is 2.24. The Bertz CT molecular complexity index is 1530. The zero-order chi connectivity index (χ0) is 28.0. The molecule has 4 aromatic rings. The Morgan fingerprint density at radius 1 is 1.03 bits per heavy atom. The number of rotatable bonds is 9. The monoisotopic (exact) mass is 564 g/mol. The second kappa shape index (κ2) is 12.6. The third kappa shape index (κ3) is 7.33. The normalized spacial score (nSPS) is 12.6. The minimum atomic E-state index is -2.90. The molecule has 0 aliphatic carbocycles. The van der Waals surface area contributed by atoms with E-state index in [1.807, 2.05) is 84.6 Å². The standard InChI is InChI=1S/C32H28Cl2F2N2O/c1-3-6-23(21-39)7-5-16-38-20-30(28-15-14-27(33)19-29(28)34)37-31(38)17-22-10-12-24(13-11-22)25-8-4-9-26(18-25)32(2,35)36/h3-16,18-20,39H,17,21H2,1-2H3/b6-3-,16-5+,23-7+. The maximum atomic E-state index is 13.8. The number of hydrogen-bond acceptors (Lipinski definition) is 2. The topological polar surface area (TPSA) is 38.0 Å². The Morgan fingerprint density at radius 3 is 2.46 bits per heavy atom. The van der Waals surface area contributed by atoms with Gasteiger partial charge in [0.25, 0.3) is 5.92 Å². The fourth-order valence-electron chi connectivity index (χ4n) is 4.12. The number of nitrogens with zero attached hydrogens (tertiary/aromatic N) is 2. The average molecular weight is 565 g/mol. The zero-order valence-electron chi connectivity index (χ0n) is 21.6. The molecule has 3 aromatic carbocycles. The summed E-state index contributed by atoms with van der Waals surface area (Å²) in [5.74, 6) is -2.12. The average Bonchev–Trinajstić information content (AvgIpc) is 3.30. The molecule has 0 aliphatic rings. The molecule has 0 saturated heterocycles. The van der Waals surface area contributed by atoms with Crippen molar-refractivity contribution in [2.75, 3.05) is 6.61 Å². The van der Waals surface area contributed by atoms with Crippen LogP contribution in [0.15, 0.2) is 103 Å². The van der Waals surface area contributed by atoms with Crippen molar-refractivity contribution in [3.05, 3.63) is 130 Å². The smallest absolute Gasteiger partial charge is 0.270 e. The molecule has 0 aliphatic heterocycles. The Labute approximate surface area is 237 Å². The third-order valence-electron chi connectivity index (χ3n) is 6.16. The van der Waals surface area contributed by atoms with E-state index in [-0.39, 0.29) is 12.2 Å². The summed E-state index contributed by atoms with van der Waals surface area (Å²) >= 11 is 12.5. The number of hydrogen-bond donors (Lipinski definition) is 1. The summed E-state index contributed by atoms with van der Waals surface area (Å²) in [5, 5.41) is 10.6. The van der Waals surface area contributed by atoms with Gasteiger partial charge >= 0.3 is 0 Å². The van der Waals surface area contributed by atoms with Gasteiger partial charge in [-0.15, -0.1) is 0 Å². The number of aliphatic hydroxyl groups is 1. The number of halogens is 4. The van der Waals surface area contributed by atoms with Gasteiger partial charge in [-0.3, -0.25) is 0 Å². The molecule has 200 valence electrons. The van der Waals surface area contributed by atoms with Gasteiger partial charge in [-0.1, -0.05) is 83.9 Å². The second-order valence-corrected chi connectivity index (χ2v) is 10.0. The molecule has 39 heavy (non-hydrogen) atoms. The van der Waals surface area contributed by atoms with Crippen molar-refractivity contribution in [2.45, 2.75) is 26.2 Å². The van der Waals surface area contributed by atoms with Crippen LogP contribution in [0.3, 0.4) is 0 Å². The lowest BCUT2D eigenvalue weighted by Crippen LogP contribution is -2.06. The first-order valence-corrected chi connectivity index (χ1v) is 13.2. The molecule has 0 atom stereocenters. The lowest BCUT2D eigenvalue weighted by molar-refractivity contribution is 0.0175. The van der Waals surface area contributed by atoms with Crippen LogP contribution in [0, 0.1) is 0 Å². The van der Waals surface area contributed by atoms with Crippen LogP contribution in [0.1, 0.15) is 30.8 Å². The number of benzene rings is 3. The van der Waals surface area contributed by atoms with Crippen molar-refractivity contribution >= 4 is 29.4 Å². The van der Waals surface area contributed by atoms with E-state index >= 15 is 0 Å². The van der Waals surface area contributed by atoms with Crippen molar-refractivity contribution in [3.63, 3.8) is 0 Å². The van der Waals surface area contributed by atoms with Crippen LogP contribution >= 0.6 is 23.2 Å². The quantitative estimate of drug-likeness (QED) is 0.206. The Balaban J connectivity index is 1.65. The summed E-state index contributed by atoms with van der Waals surface area (Å²) < 4.78 is 29.5. The van der Waals surface area contributed by atoms with Crippen LogP contribution in [-0.2, 0) is 12.3 Å². The maximum Gasteiger partial charge on any atom is 0.270 e. The summed E-state index contributed by atoms with van der Waals surface area (Å²) in [6.45, 7) is 2.73. The van der Waals surface area contributed by atoms with Crippen molar-refractivity contribution in [1.82, 2.24) is 9.55 Å². The largest absolute Gasteiger partial charge is 0.392 e. The predicted molar refractivity (Wildman–Crippen MR) is 157 cm³/mol. The lowest BCUT2D eigenvalue weighted by Gasteiger charge is -2.12. The van der Waals surface area contributed by atoms with Crippen LogP contribution in [0.4, 0.5) is 8.78 Å². The molecule has 0 amide bonds. The summed E-state index contributed by atoms with van der Waals surface area (Å²) in [5.41, 5.74) is 4.81. The van der Waals surface area contributed by atoms with E-state index in [4.69, 9.17) is 28.2 Å². The van der Waals surface area contributed by atoms with Gasteiger partial charge < -0.3 is 9.67 Å². The van der Waals surface area contributed by atoms with Gasteiger partial charge in [-0.2, -0.15) is 0 Å². The zero-order valence-corrected chi connectivity index (χ0v) is 23.1. The molecule has 1 heterocycles. The molecule has 0 spiro atoms. The fourth-order valence-corrected chi connectivity index (χ4v) is 4.63. The third-order valence-corrected chi connectivity index (χ3v) is 6.70. The van der Waals surface area contributed by atoms with E-state index in [9.17, 15) is 13.9 Å². The molecule has 4 rings (SSSR count). The molecule has 3 nitrogen and oxygen atoms in total. The van der Waals surface area contributed by atoms with Gasteiger partial charge in [0.05, 0.1) is 17.3 Å². The summed E-state index contributed by atoms with van der Waals surface area (Å²) in [6, 6.07) is 19.5. The summed E-state index contributed by atoms with van der Waals surface area (Å²) in [6.07, 6.45) is 11.7. The molecular formula is C32H28Cl2F2N2O. The van der Waals surface area contributed by atoms with Gasteiger partial charge in [-0.05, 0) is 59.5 Å². The number of aliphatic hydroxyl groups excluding tert-OH is 1. The van der Waals surface area contributed by atoms with E-state index in [0.29, 0.717) is 22.2 Å². The van der Waals surface area contributed by atoms with Crippen LogP contribution < -0.4 is 0 Å². The van der Waals surface area contributed by atoms with Crippen molar-refractivity contribution in [1.29, 1.82) is 0 Å². The molecule has 1 aromatic heterocycles. The second-order valence-electron chi connectivity index (χ2n) is 9.16. The first-order chi connectivity index (χ1) is 18.7. The highest BCUT2D eigenvalue weighted by atomic mass is 35.5. The van der Waals surface area contributed by atoms with Crippen LogP contribution in [-0.4, -0.2) is 21.3 Å². The van der Waals surface area contributed by atoms with E-state index < -0.39 is 5.92 Å². The van der Waals surface area contributed by atoms with E-state index in [1.165, 1.54) is 12.1 Å². The van der Waals surface area contributed by atoms with Gasteiger partial charge in [0.1, 0.15) is 5.82 Å². The molecule has 7 heteroatoms. The molecule has 0 saturated carbocycles. The van der Waals surface area contributed by atoms with Crippen LogP contribution in [0.25, 0.3) is 28.6 Å². The van der Waals surface area contributed by atoms with Gasteiger partial charge in [0.15, 0.2) is 0 Å². The predicted octanol–water partition coefficient (Wildman–Crippen LogP) is 9.19. The first kappa shape index (κ1) is 28.5. The molecule has 1 N–H and O–H groups in total. The fraction of sp³-hybridized carbons (Fsp3) is 0.156. The van der Waals surface area contributed by atoms with Crippen LogP contribution in [0.2, 0.25) is 10.0 Å². The van der Waals surface area contributed by atoms with Crippen LogP contribution in [0.5, 0.6) is 0 Å². The summed E-state index contributed by atoms with van der Waals surface area (Å²) in [4.78, 5) is 4.86. The number of aromatic nitrogens is 2. The van der Waals surface area contributed by atoms with Gasteiger partial charge in [0.2, 0.25) is 0 Å². The Morgan fingerprint density at radius 2 is 1.79 bits per heavy atom. The van der Waals surface area contributed by atoms with E-state index in [1.54, 1.807) is 18.2 Å². The molecule has 0 fully saturated rings. The highest BCUT2D eigenvalue weighted by molar-refractivity contribution is 6.36. The number of alkyl halides is 2. The Hall–Kier alpha value is -3.51. The molecular weight excluding hydrogens is 537 g/mol. The van der Waals surface area contributed by atoms with Crippen molar-refractivity contribution in [3.8, 4) is 22.4 Å². The first-order valence-electron chi connectivity index (χ1n) is 12.4. The molecule has 0 bridgehead atoms. The minimum Gasteiger partial charge on any atom is -0.392 e. The maximum absolute atomic E-state index is 13.8. The highest BCUT2D eigenvalue weighted by Crippen LogP contribution is 2.32. The Kier molecular flexibility index (Phi) is 9.18. The van der Waals surface area contributed by atoms with E-state index in [0.717, 1.165) is 40.6 Å². The number of imidazole rings is 1. The van der Waals surface area contributed by atoms with Crippen molar-refractivity contribution in [2.24, 2.45) is 0 Å². The molecule has 0 radical (unpaired) electrons. The van der Waals surface area contributed by atoms with Gasteiger partial charge in [0, 0.05) is 41.9 Å². The lowest BCUT2D eigenvalue weighted by atomic mass is 9.99. The molecule has 0 unspecified atom stereocenters. The van der Waals surface area contributed by atoms with Gasteiger partial charge in [-0.25, -0.2) is 13.8 Å². The SMILES string of the molecule is C\C=C/C(=C\C=C\n1cc(-c2ccc(Cl)cc2Cl)nc1Cc1ccc(-c2cccc(C(C)(F)F)c2)cc1)CO. The van der Waals surface area contributed by atoms with E-state index in [2.05, 4.69) is 0 Å². The summed E-state index contributed by atoms with van der Waals surface area (Å²) in [7, 11) is 0. The number of allylic oxidation sites excluding steroid dienone is 3. The van der Waals surface area contributed by atoms with Crippen molar-refractivity contribution < 1.29 is 13.9 Å².